The molecule has 0 aromatic heterocycles. The number of benzene rings is 8. The fourth-order valence-electron chi connectivity index (χ4n) is 19.3. The van der Waals surface area contributed by atoms with Crippen LogP contribution in [0, 0.1) is 85.3 Å². The molecule has 12 bridgehead atoms. The van der Waals surface area contributed by atoms with Gasteiger partial charge >= 0.3 is 390 Å². The van der Waals surface area contributed by atoms with Gasteiger partial charge in [-0.25, -0.2) is 9.59 Å². The van der Waals surface area contributed by atoms with Crippen molar-refractivity contribution in [2.24, 2.45) is 71.0 Å². The van der Waals surface area contributed by atoms with Crippen molar-refractivity contribution in [2.45, 2.75) is 134 Å². The van der Waals surface area contributed by atoms with E-state index in [4.69, 9.17) is 54.2 Å². The molecule has 12 fully saturated rings. The molecular formula is C87H93Cl3I2O14-2. The first-order valence-corrected chi connectivity index (χ1v) is 41.9. The molecule has 0 amide bonds. The number of carbonyl (C=O) groups is 3. The number of ether oxygens (including phenoxy) is 9. The van der Waals surface area contributed by atoms with E-state index in [1.807, 2.05) is 97.1 Å². The summed E-state index contributed by atoms with van der Waals surface area (Å²) in [4.78, 5) is 37.2. The van der Waals surface area contributed by atoms with Crippen LogP contribution in [0.3, 0.4) is 0 Å². The first kappa shape index (κ1) is 77.1. The van der Waals surface area contributed by atoms with Gasteiger partial charge in [-0.3, -0.25) is 4.79 Å². The fraction of sp³-hybridized carbons (Fsp3) is 0.414. The Labute approximate surface area is 659 Å². The molecule has 0 spiro atoms. The van der Waals surface area contributed by atoms with Crippen molar-refractivity contribution in [2.75, 3.05) is 19.1 Å². The van der Waals surface area contributed by atoms with E-state index >= 15 is 0 Å². The molecule has 20 rings (SSSR count). The molecule has 2 N–H and O–H groups in total. The first-order chi connectivity index (χ1) is 50.4. The zero-order chi connectivity index (χ0) is 71.5. The van der Waals surface area contributed by atoms with Crippen LogP contribution >= 0.6 is 36.4 Å². The molecule has 12 aliphatic carbocycles. The number of alkyl halides is 1. The minimum absolute atomic E-state index is 0. The van der Waals surface area contributed by atoms with Crippen LogP contribution in [0.4, 0.5) is 0 Å². The summed E-state index contributed by atoms with van der Waals surface area (Å²) >= 11 is 4.86. The molecule has 0 saturated heterocycles. The van der Waals surface area contributed by atoms with Gasteiger partial charge < -0.3 is 14.2 Å². The van der Waals surface area contributed by atoms with Crippen molar-refractivity contribution in [3.05, 3.63) is 208 Å². The number of phenolic OH excluding ortho intramolecular Hbond substituents is 2. The molecule has 8 aromatic carbocycles. The summed E-state index contributed by atoms with van der Waals surface area (Å²) in [5.41, 5.74) is -0.899. The van der Waals surface area contributed by atoms with E-state index in [2.05, 4.69) is 69.3 Å². The summed E-state index contributed by atoms with van der Waals surface area (Å²) in [6.45, 7) is 6.29. The van der Waals surface area contributed by atoms with Gasteiger partial charge in [0.25, 0.3) is 0 Å². The normalized spacial score (nSPS) is 28.2. The van der Waals surface area contributed by atoms with Gasteiger partial charge in [0.15, 0.2) is 0 Å². The quantitative estimate of drug-likeness (QED) is 0.0284. The Hall–Kier alpha value is -7.10. The average molecular weight is 1720 g/mol. The summed E-state index contributed by atoms with van der Waals surface area (Å²) < 4.78 is 58.5. The number of hydrogen-bond donors (Lipinski definition) is 2. The predicted octanol–water partition coefficient (Wildman–Crippen LogP) is 14.3. The molecular weight excluding hydrogens is 1630 g/mol. The molecule has 19 heteroatoms. The van der Waals surface area contributed by atoms with Gasteiger partial charge in [-0.2, -0.15) is 0 Å². The number of esters is 3. The van der Waals surface area contributed by atoms with Crippen LogP contribution in [-0.4, -0.2) is 64.0 Å². The average Bonchev–Trinajstić information content (AvgIpc) is 0.746. The van der Waals surface area contributed by atoms with Crippen LogP contribution in [0.1, 0.15) is 117 Å². The van der Waals surface area contributed by atoms with Gasteiger partial charge in [0.1, 0.15) is 22.7 Å². The third-order valence-electron chi connectivity index (χ3n) is 24.1. The standard InChI is InChI=1S/C50H54IO8.C24H18IO4.C13H19ClO2.2ClH/c1-49(35-21-31-19-32(23-35)24-36(49)22-31)58-47(52)29-54-41-11-15-45(16-12-41)56-43-7-3-39(4-8-43)51-40-5-9-44(10-6-40)57-46-17-13-42(14-18-46)55-30-48(53)59-50(2)37-25-33-20-34(27-37)28-38(50)26-33;26-19-5-13-23(14-6-19)28-21-9-1-17(2-10-21)25-18-3-11-22(12-4-18)29-24-15-7-20(27)8-16-24;1-13(16-12(15)7-14)10-3-8-2-9(5-10)6-11(13)4-8;;/h3-18,31-38H,19-30H2,1-2H3;1-16,26-27H;8-11H,2-7H2,1H3;2*1H/q2*-1;;;. The van der Waals surface area contributed by atoms with Crippen LogP contribution in [0.25, 0.3) is 0 Å². The number of phenols is 2. The van der Waals surface area contributed by atoms with Gasteiger partial charge in [-0.05, 0) is 188 Å². The van der Waals surface area contributed by atoms with Gasteiger partial charge in [0.2, 0.25) is 0 Å². The zero-order valence-corrected chi connectivity index (χ0v) is 66.6. The van der Waals surface area contributed by atoms with Gasteiger partial charge in [-0.15, -0.1) is 36.4 Å². The van der Waals surface area contributed by atoms with E-state index in [9.17, 15) is 24.6 Å². The second kappa shape index (κ2) is 33.8. The molecule has 0 heterocycles. The van der Waals surface area contributed by atoms with E-state index in [1.54, 1.807) is 48.5 Å². The monoisotopic (exact) mass is 1720 g/mol. The van der Waals surface area contributed by atoms with Crippen molar-refractivity contribution in [3.63, 3.8) is 0 Å². The molecule has 106 heavy (non-hydrogen) atoms. The number of rotatable bonds is 22. The second-order valence-electron chi connectivity index (χ2n) is 30.9. The molecule has 0 unspecified atom stereocenters. The first-order valence-electron chi connectivity index (χ1n) is 37.0. The van der Waals surface area contributed by atoms with E-state index in [-0.39, 0.29) is 111 Å². The van der Waals surface area contributed by atoms with Crippen LogP contribution < -0.4 is 70.8 Å². The predicted molar refractivity (Wildman–Crippen MR) is 401 cm³/mol. The van der Waals surface area contributed by atoms with Crippen LogP contribution in [-0.2, 0) is 28.6 Å². The summed E-state index contributed by atoms with van der Waals surface area (Å²) in [6.07, 6.45) is 18.8. The topological polar surface area (TPSA) is 175 Å². The maximum absolute atomic E-state index is 12.9. The molecule has 8 aromatic rings. The Balaban J connectivity index is 0.000000174. The molecule has 0 atom stereocenters. The summed E-state index contributed by atoms with van der Waals surface area (Å²) in [5, 5.41) is 18.7. The van der Waals surface area contributed by atoms with Crippen LogP contribution in [0.2, 0.25) is 0 Å². The van der Waals surface area contributed by atoms with E-state index in [0.29, 0.717) is 70.0 Å². The minimum atomic E-state index is -0.393. The van der Waals surface area contributed by atoms with Gasteiger partial charge in [0, 0.05) is 0 Å². The molecule has 0 radical (unpaired) electrons. The summed E-state index contributed by atoms with van der Waals surface area (Å²) in [7, 11) is 0. The SMILES string of the molecule is CC1(OC(=O)CCl)C2CC3CC(C2)CC1C3.CC1(OC(=O)COc2ccc(Oc3ccc([I-]c4ccc(Oc5ccc(OCC(=O)OC6(C)C7CC8CC(C7)CC6C8)cc5)cc4)cc3)cc2)C2CC3CC(C2)CC1C3.Cl.Cl.Oc1ccc(Oc2ccc([I-]c3ccc(Oc4ccc(O)cc4)cc3)cc2)cc1. The third-order valence-corrected chi connectivity index (χ3v) is 29.6. The van der Waals surface area contributed by atoms with E-state index in [1.165, 1.54) is 111 Å². The molecule has 0 aliphatic heterocycles. The summed E-state index contributed by atoms with van der Waals surface area (Å²) in [5.74, 6) is 15.0. The Morgan fingerprint density at radius 1 is 0.311 bits per heavy atom. The van der Waals surface area contributed by atoms with E-state index in [0.717, 1.165) is 58.5 Å². The molecule has 12 aliphatic rings. The number of carbonyl (C=O) groups excluding carboxylic acids is 3. The van der Waals surface area contributed by atoms with Gasteiger partial charge in [-0.1, -0.05) is 0 Å². The summed E-state index contributed by atoms with van der Waals surface area (Å²) in [6, 6.07) is 60.7. The number of aromatic hydroxyl groups is 2. The Bertz CT molecular complexity index is 3930. The molecule has 12 saturated carbocycles. The molecule has 14 nitrogen and oxygen atoms in total. The Morgan fingerprint density at radius 3 is 0.717 bits per heavy atom. The van der Waals surface area contributed by atoms with Crippen molar-refractivity contribution in [3.8, 4) is 69.0 Å². The Morgan fingerprint density at radius 2 is 0.500 bits per heavy atom. The van der Waals surface area contributed by atoms with Crippen LogP contribution in [0.15, 0.2) is 194 Å². The third kappa shape index (κ3) is 18.4. The number of hydrogen-bond acceptors (Lipinski definition) is 14. The van der Waals surface area contributed by atoms with Crippen molar-refractivity contribution in [1.82, 2.24) is 0 Å². The van der Waals surface area contributed by atoms with Crippen molar-refractivity contribution < 1.29 is 110 Å². The second-order valence-corrected chi connectivity index (χ2v) is 37.3. The zero-order valence-electron chi connectivity index (χ0n) is 59.9. The van der Waals surface area contributed by atoms with Crippen molar-refractivity contribution in [1.29, 1.82) is 0 Å². The van der Waals surface area contributed by atoms with E-state index < -0.39 is 21.2 Å². The maximum atomic E-state index is 12.9. The van der Waals surface area contributed by atoms with Crippen LogP contribution in [0.5, 0.6) is 69.0 Å². The van der Waals surface area contributed by atoms with Crippen molar-refractivity contribution >= 4 is 54.3 Å². The Kier molecular flexibility index (Phi) is 24.6. The number of halogens is 5. The molecule has 562 valence electrons. The fourth-order valence-corrected chi connectivity index (χ4v) is 23.6. The van der Waals surface area contributed by atoms with Gasteiger partial charge in [0.05, 0.1) is 0 Å².